The molecule has 22 heavy (non-hydrogen) atoms. The molecule has 2 aromatic rings. The third-order valence-corrected chi connectivity index (χ3v) is 8.22. The summed E-state index contributed by atoms with van der Waals surface area (Å²) in [6, 6.07) is 16.0. The lowest BCUT2D eigenvalue weighted by Gasteiger charge is -2.30. The van der Waals surface area contributed by atoms with Gasteiger partial charge in [-0.15, -0.1) is 0 Å². The largest absolute Gasteiger partial charge is 0.289 e. The average molecular weight is 327 g/mol. The van der Waals surface area contributed by atoms with E-state index in [1.165, 1.54) is 10.4 Å². The fourth-order valence-corrected chi connectivity index (χ4v) is 8.55. The first-order chi connectivity index (χ1) is 10.1. The highest BCUT2D eigenvalue weighted by Gasteiger charge is 2.31. The van der Waals surface area contributed by atoms with Crippen LogP contribution in [0.5, 0.6) is 0 Å². The molecule has 0 saturated heterocycles. The van der Waals surface area contributed by atoms with Gasteiger partial charge in [0.15, 0.2) is 5.78 Å². The lowest BCUT2D eigenvalue weighted by atomic mass is 10.0. The summed E-state index contributed by atoms with van der Waals surface area (Å²) in [4.78, 5) is 13.0. The molecule has 0 unspecified atom stereocenters. The Bertz CT molecular complexity index is 677. The van der Waals surface area contributed by atoms with E-state index < -0.39 is 16.1 Å². The van der Waals surface area contributed by atoms with Gasteiger partial charge in [0.2, 0.25) is 0 Å². The number of rotatable bonds is 4. The predicted molar refractivity (Wildman–Crippen MR) is 102 cm³/mol. The number of benzene rings is 2. The van der Waals surface area contributed by atoms with Crippen LogP contribution in [0.1, 0.15) is 15.9 Å². The van der Waals surface area contributed by atoms with Gasteiger partial charge >= 0.3 is 0 Å². The standard InChI is InChI=1S/C19H26OSi2/c1-21(2,3)17-14-10-13-16(19(17)22(4,5)6)18(20)15-11-8-7-9-12-15/h7-14H,1-6H3. The number of ketones is 1. The van der Waals surface area contributed by atoms with Crippen molar-refractivity contribution in [1.29, 1.82) is 0 Å². The topological polar surface area (TPSA) is 17.1 Å². The fourth-order valence-electron chi connectivity index (χ4n) is 2.92. The second-order valence-corrected chi connectivity index (χ2v) is 18.0. The Morgan fingerprint density at radius 2 is 1.32 bits per heavy atom. The summed E-state index contributed by atoms with van der Waals surface area (Å²) in [7, 11) is -3.10. The van der Waals surface area contributed by atoms with Crippen molar-refractivity contribution >= 4 is 32.3 Å². The molecular formula is C19H26OSi2. The van der Waals surface area contributed by atoms with Crippen LogP contribution in [-0.4, -0.2) is 21.9 Å². The zero-order chi connectivity index (χ0) is 16.5. The Kier molecular flexibility index (Phi) is 4.59. The average Bonchev–Trinajstić information content (AvgIpc) is 2.45. The van der Waals surface area contributed by atoms with Crippen LogP contribution in [0.2, 0.25) is 39.3 Å². The maximum Gasteiger partial charge on any atom is 0.192 e. The van der Waals surface area contributed by atoms with Gasteiger partial charge < -0.3 is 0 Å². The highest BCUT2D eigenvalue weighted by molar-refractivity contribution is 6.99. The van der Waals surface area contributed by atoms with E-state index in [0.29, 0.717) is 0 Å². The van der Waals surface area contributed by atoms with Crippen LogP contribution < -0.4 is 10.4 Å². The third-order valence-electron chi connectivity index (χ3n) is 3.90. The first-order valence-electron chi connectivity index (χ1n) is 7.86. The Morgan fingerprint density at radius 1 is 0.727 bits per heavy atom. The van der Waals surface area contributed by atoms with Crippen molar-refractivity contribution in [3.8, 4) is 0 Å². The number of hydrogen-bond acceptors (Lipinski definition) is 1. The molecule has 2 rings (SSSR count). The monoisotopic (exact) mass is 326 g/mol. The molecule has 0 aliphatic rings. The van der Waals surface area contributed by atoms with Gasteiger partial charge in [-0.2, -0.15) is 0 Å². The first kappa shape index (κ1) is 16.9. The molecule has 2 aromatic carbocycles. The first-order valence-corrected chi connectivity index (χ1v) is 14.9. The van der Waals surface area contributed by atoms with Crippen molar-refractivity contribution < 1.29 is 4.79 Å². The van der Waals surface area contributed by atoms with Crippen LogP contribution >= 0.6 is 0 Å². The van der Waals surface area contributed by atoms with Crippen LogP contribution in [-0.2, 0) is 0 Å². The maximum absolute atomic E-state index is 13.0. The molecule has 116 valence electrons. The maximum atomic E-state index is 13.0. The van der Waals surface area contributed by atoms with Crippen molar-refractivity contribution in [2.45, 2.75) is 39.3 Å². The molecule has 0 saturated carbocycles. The van der Waals surface area contributed by atoms with Gasteiger partial charge in [-0.1, -0.05) is 93.0 Å². The van der Waals surface area contributed by atoms with E-state index in [1.807, 2.05) is 36.4 Å². The SMILES string of the molecule is C[Si](C)(C)c1cccc(C(=O)c2ccccc2)c1[Si](C)(C)C. The molecule has 0 aromatic heterocycles. The van der Waals surface area contributed by atoms with Crippen LogP contribution in [0, 0.1) is 0 Å². The van der Waals surface area contributed by atoms with Crippen molar-refractivity contribution in [3.05, 3.63) is 59.7 Å². The predicted octanol–water partition coefficient (Wildman–Crippen LogP) is 4.01. The molecular weight excluding hydrogens is 300 g/mol. The van der Waals surface area contributed by atoms with Crippen molar-refractivity contribution in [2.75, 3.05) is 0 Å². The molecule has 1 nitrogen and oxygen atoms in total. The highest BCUT2D eigenvalue weighted by atomic mass is 28.3. The van der Waals surface area contributed by atoms with E-state index >= 15 is 0 Å². The molecule has 0 fully saturated rings. The minimum atomic E-state index is -1.61. The van der Waals surface area contributed by atoms with Gasteiger partial charge in [0.1, 0.15) is 0 Å². The van der Waals surface area contributed by atoms with E-state index in [4.69, 9.17) is 0 Å². The Balaban J connectivity index is 2.70. The van der Waals surface area contributed by atoms with E-state index in [-0.39, 0.29) is 5.78 Å². The molecule has 0 spiro atoms. The summed E-state index contributed by atoms with van der Waals surface area (Å²) in [5.41, 5.74) is 1.71. The molecule has 0 atom stereocenters. The van der Waals surface area contributed by atoms with Crippen molar-refractivity contribution in [3.63, 3.8) is 0 Å². The quantitative estimate of drug-likeness (QED) is 0.613. The second kappa shape index (κ2) is 5.97. The summed E-state index contributed by atoms with van der Waals surface area (Å²) < 4.78 is 0. The number of carbonyl (C=O) groups excluding carboxylic acids is 1. The van der Waals surface area contributed by atoms with Crippen molar-refractivity contribution in [1.82, 2.24) is 0 Å². The molecule has 0 aliphatic carbocycles. The third kappa shape index (κ3) is 3.47. The summed E-state index contributed by atoms with van der Waals surface area (Å²) in [6.45, 7) is 14.1. The van der Waals surface area contributed by atoms with Gasteiger partial charge in [0, 0.05) is 11.1 Å². The zero-order valence-corrected chi connectivity index (χ0v) is 16.5. The molecule has 0 amide bonds. The van der Waals surface area contributed by atoms with E-state index in [9.17, 15) is 4.79 Å². The van der Waals surface area contributed by atoms with Crippen LogP contribution in [0.4, 0.5) is 0 Å². The van der Waals surface area contributed by atoms with Crippen LogP contribution in [0.25, 0.3) is 0 Å². The van der Waals surface area contributed by atoms with Gasteiger partial charge in [0.05, 0.1) is 16.1 Å². The summed E-state index contributed by atoms with van der Waals surface area (Å²) in [5.74, 6) is 0.165. The molecule has 3 heteroatoms. The zero-order valence-electron chi connectivity index (χ0n) is 14.5. The lowest BCUT2D eigenvalue weighted by molar-refractivity contribution is 0.103. The molecule has 0 heterocycles. The Morgan fingerprint density at radius 3 is 1.82 bits per heavy atom. The number of hydrogen-bond donors (Lipinski definition) is 0. The summed E-state index contributed by atoms with van der Waals surface area (Å²) in [6.07, 6.45) is 0. The normalized spacial score (nSPS) is 12.3. The van der Waals surface area contributed by atoms with E-state index in [2.05, 4.69) is 51.4 Å². The number of carbonyl (C=O) groups is 1. The fraction of sp³-hybridized carbons (Fsp3) is 0.316. The van der Waals surface area contributed by atoms with Gasteiger partial charge in [-0.05, 0) is 5.19 Å². The lowest BCUT2D eigenvalue weighted by Crippen LogP contribution is -2.58. The van der Waals surface area contributed by atoms with Crippen LogP contribution in [0.15, 0.2) is 48.5 Å². The Labute approximate surface area is 136 Å². The molecule has 0 radical (unpaired) electrons. The summed E-state index contributed by atoms with van der Waals surface area (Å²) in [5, 5.41) is 2.82. The second-order valence-electron chi connectivity index (χ2n) is 7.92. The minimum absolute atomic E-state index is 0.165. The molecule has 0 N–H and O–H groups in total. The van der Waals surface area contributed by atoms with Gasteiger partial charge in [-0.25, -0.2) is 0 Å². The van der Waals surface area contributed by atoms with E-state index in [1.54, 1.807) is 0 Å². The van der Waals surface area contributed by atoms with E-state index in [0.717, 1.165) is 11.1 Å². The molecule has 0 bridgehead atoms. The summed E-state index contributed by atoms with van der Waals surface area (Å²) >= 11 is 0. The van der Waals surface area contributed by atoms with Crippen molar-refractivity contribution in [2.24, 2.45) is 0 Å². The molecule has 0 aliphatic heterocycles. The van der Waals surface area contributed by atoms with Crippen LogP contribution in [0.3, 0.4) is 0 Å². The Hall–Kier alpha value is -1.46. The minimum Gasteiger partial charge on any atom is -0.289 e. The smallest absolute Gasteiger partial charge is 0.192 e. The highest BCUT2D eigenvalue weighted by Crippen LogP contribution is 2.14. The van der Waals surface area contributed by atoms with Gasteiger partial charge in [-0.3, -0.25) is 4.79 Å². The van der Waals surface area contributed by atoms with Gasteiger partial charge in [0.25, 0.3) is 0 Å².